The van der Waals surface area contributed by atoms with E-state index in [-0.39, 0.29) is 17.8 Å². The predicted octanol–water partition coefficient (Wildman–Crippen LogP) is 3.17. The molecule has 7 nitrogen and oxygen atoms in total. The number of tetrazole rings is 1. The number of halogens is 1. The Morgan fingerprint density at radius 2 is 1.82 bits per heavy atom. The van der Waals surface area contributed by atoms with Crippen LogP contribution in [0.4, 0.5) is 4.39 Å². The average Bonchev–Trinajstić information content (AvgIpc) is 3.16. The Balaban J connectivity index is 1.65. The third-order valence-electron chi connectivity index (χ3n) is 4.14. The van der Waals surface area contributed by atoms with E-state index in [2.05, 4.69) is 20.8 Å². The van der Waals surface area contributed by atoms with E-state index >= 15 is 0 Å². The summed E-state index contributed by atoms with van der Waals surface area (Å²) in [7, 11) is 1.60. The second kappa shape index (κ2) is 8.83. The molecule has 9 heteroatoms. The first-order valence-corrected chi connectivity index (χ1v) is 9.51. The average molecular weight is 401 g/mol. The van der Waals surface area contributed by atoms with Crippen LogP contribution in [0.3, 0.4) is 0 Å². The fraction of sp³-hybridized carbons (Fsp3) is 0.263. The van der Waals surface area contributed by atoms with Crippen molar-refractivity contribution in [2.75, 3.05) is 7.11 Å². The zero-order chi connectivity index (χ0) is 20.1. The molecule has 0 saturated heterocycles. The molecular weight excluding hydrogens is 381 g/mol. The number of hydrogen-bond acceptors (Lipinski definition) is 6. The summed E-state index contributed by atoms with van der Waals surface area (Å²) in [6.07, 6.45) is 0. The molecule has 0 aliphatic rings. The zero-order valence-corrected chi connectivity index (χ0v) is 16.5. The second-order valence-corrected chi connectivity index (χ2v) is 7.42. The van der Waals surface area contributed by atoms with Crippen LogP contribution in [0.25, 0.3) is 5.69 Å². The van der Waals surface area contributed by atoms with Gasteiger partial charge in [-0.3, -0.25) is 4.79 Å². The smallest absolute Gasteiger partial charge is 0.233 e. The topological polar surface area (TPSA) is 81.9 Å². The van der Waals surface area contributed by atoms with Gasteiger partial charge >= 0.3 is 0 Å². The molecule has 0 spiro atoms. The van der Waals surface area contributed by atoms with Gasteiger partial charge in [-0.05, 0) is 66.2 Å². The molecule has 0 aliphatic heterocycles. The van der Waals surface area contributed by atoms with E-state index in [0.29, 0.717) is 5.16 Å². The van der Waals surface area contributed by atoms with E-state index in [1.165, 1.54) is 23.9 Å². The third kappa shape index (κ3) is 4.66. The number of aromatic nitrogens is 4. The molecule has 0 saturated carbocycles. The maximum atomic E-state index is 13.1. The molecule has 0 bridgehead atoms. The van der Waals surface area contributed by atoms with Crippen LogP contribution in [-0.2, 0) is 4.79 Å². The van der Waals surface area contributed by atoms with Gasteiger partial charge in [-0.15, -0.1) is 5.10 Å². The number of hydrogen-bond donors (Lipinski definition) is 1. The Morgan fingerprint density at radius 3 is 2.46 bits per heavy atom. The minimum Gasteiger partial charge on any atom is -0.497 e. The standard InChI is InChI=1S/C19H20FN5O2S/c1-12(14-4-6-15(20)7-5-14)21-18(26)13(2)28-19-22-23-24-25(19)16-8-10-17(27-3)11-9-16/h4-13H,1-3H3,(H,21,26). The van der Waals surface area contributed by atoms with E-state index in [1.807, 2.05) is 31.2 Å². The van der Waals surface area contributed by atoms with Crippen molar-refractivity contribution < 1.29 is 13.9 Å². The van der Waals surface area contributed by atoms with Crippen LogP contribution in [0.1, 0.15) is 25.5 Å². The number of rotatable bonds is 7. The van der Waals surface area contributed by atoms with Crippen molar-refractivity contribution in [3.63, 3.8) is 0 Å². The number of carbonyl (C=O) groups is 1. The van der Waals surface area contributed by atoms with Crippen molar-refractivity contribution in [3.8, 4) is 11.4 Å². The fourth-order valence-electron chi connectivity index (χ4n) is 2.52. The van der Waals surface area contributed by atoms with Gasteiger partial charge in [0, 0.05) is 0 Å². The number of ether oxygens (including phenoxy) is 1. The first-order chi connectivity index (χ1) is 13.5. The zero-order valence-electron chi connectivity index (χ0n) is 15.7. The molecule has 1 N–H and O–H groups in total. The molecule has 2 aromatic carbocycles. The lowest BCUT2D eigenvalue weighted by atomic mass is 10.1. The number of nitrogens with one attached hydrogen (secondary N) is 1. The van der Waals surface area contributed by atoms with Crippen LogP contribution < -0.4 is 10.1 Å². The van der Waals surface area contributed by atoms with Crippen LogP contribution in [-0.4, -0.2) is 38.5 Å². The van der Waals surface area contributed by atoms with Crippen molar-refractivity contribution in [3.05, 3.63) is 59.9 Å². The summed E-state index contributed by atoms with van der Waals surface area (Å²) in [6, 6.07) is 13.1. The number of amides is 1. The lowest BCUT2D eigenvalue weighted by Gasteiger charge is -2.17. The predicted molar refractivity (Wildman–Crippen MR) is 104 cm³/mol. The molecule has 1 aromatic heterocycles. The Bertz CT molecular complexity index is 930. The monoisotopic (exact) mass is 401 g/mol. The summed E-state index contributed by atoms with van der Waals surface area (Å²) in [4.78, 5) is 12.6. The highest BCUT2D eigenvalue weighted by Crippen LogP contribution is 2.24. The van der Waals surface area contributed by atoms with E-state index in [9.17, 15) is 9.18 Å². The van der Waals surface area contributed by atoms with Crippen molar-refractivity contribution in [1.82, 2.24) is 25.5 Å². The first-order valence-electron chi connectivity index (χ1n) is 8.63. The Kier molecular flexibility index (Phi) is 6.25. The number of methoxy groups -OCH3 is 1. The number of thioether (sulfide) groups is 1. The number of nitrogens with zero attached hydrogens (tertiary/aromatic N) is 4. The molecule has 1 amide bonds. The Hall–Kier alpha value is -2.94. The largest absolute Gasteiger partial charge is 0.497 e. The summed E-state index contributed by atoms with van der Waals surface area (Å²) >= 11 is 1.25. The third-order valence-corrected chi connectivity index (χ3v) is 5.17. The molecule has 2 atom stereocenters. The number of benzene rings is 2. The van der Waals surface area contributed by atoms with Gasteiger partial charge in [-0.25, -0.2) is 4.39 Å². The van der Waals surface area contributed by atoms with Gasteiger partial charge < -0.3 is 10.1 Å². The van der Waals surface area contributed by atoms with E-state index in [0.717, 1.165) is 17.0 Å². The molecule has 146 valence electrons. The maximum absolute atomic E-state index is 13.1. The molecule has 0 fully saturated rings. The van der Waals surface area contributed by atoms with Crippen molar-refractivity contribution in [2.24, 2.45) is 0 Å². The van der Waals surface area contributed by atoms with E-state index in [4.69, 9.17) is 4.74 Å². The fourth-order valence-corrected chi connectivity index (χ4v) is 3.33. The van der Waals surface area contributed by atoms with Crippen molar-refractivity contribution >= 4 is 17.7 Å². The molecule has 1 heterocycles. The highest BCUT2D eigenvalue weighted by atomic mass is 32.2. The molecule has 2 unspecified atom stereocenters. The SMILES string of the molecule is COc1ccc(-n2nnnc2SC(C)C(=O)NC(C)c2ccc(F)cc2)cc1. The van der Waals surface area contributed by atoms with Crippen LogP contribution in [0.5, 0.6) is 5.75 Å². The summed E-state index contributed by atoms with van der Waals surface area (Å²) in [6.45, 7) is 3.63. The first kappa shape index (κ1) is 19.8. The molecule has 3 aromatic rings. The van der Waals surface area contributed by atoms with Crippen molar-refractivity contribution in [2.45, 2.75) is 30.3 Å². The van der Waals surface area contributed by atoms with Crippen LogP contribution in [0, 0.1) is 5.82 Å². The van der Waals surface area contributed by atoms with Crippen LogP contribution in [0.15, 0.2) is 53.7 Å². The van der Waals surface area contributed by atoms with E-state index < -0.39 is 5.25 Å². The maximum Gasteiger partial charge on any atom is 0.233 e. The van der Waals surface area contributed by atoms with Crippen LogP contribution >= 0.6 is 11.8 Å². The normalized spacial score (nSPS) is 13.0. The lowest BCUT2D eigenvalue weighted by Crippen LogP contribution is -2.33. The van der Waals surface area contributed by atoms with Gasteiger partial charge in [-0.1, -0.05) is 23.9 Å². The van der Waals surface area contributed by atoms with Gasteiger partial charge in [0.05, 0.1) is 24.1 Å². The molecular formula is C19H20FN5O2S. The highest BCUT2D eigenvalue weighted by molar-refractivity contribution is 8.00. The molecule has 3 rings (SSSR count). The summed E-state index contributed by atoms with van der Waals surface area (Å²) in [5.41, 5.74) is 1.59. The number of carbonyl (C=O) groups excluding carboxylic acids is 1. The Labute approximate surface area is 166 Å². The van der Waals surface area contributed by atoms with Gasteiger partial charge in [0.15, 0.2) is 0 Å². The van der Waals surface area contributed by atoms with Crippen molar-refractivity contribution in [1.29, 1.82) is 0 Å². The van der Waals surface area contributed by atoms with Gasteiger partial charge in [0.2, 0.25) is 11.1 Å². The highest BCUT2D eigenvalue weighted by Gasteiger charge is 2.21. The van der Waals surface area contributed by atoms with Gasteiger partial charge in [0.25, 0.3) is 0 Å². The summed E-state index contributed by atoms with van der Waals surface area (Å²) < 4.78 is 19.8. The molecule has 28 heavy (non-hydrogen) atoms. The molecule has 0 radical (unpaired) electrons. The summed E-state index contributed by atoms with van der Waals surface area (Å²) in [5, 5.41) is 14.7. The Morgan fingerprint density at radius 1 is 1.14 bits per heavy atom. The minimum atomic E-state index is -0.425. The van der Waals surface area contributed by atoms with Crippen LogP contribution in [0.2, 0.25) is 0 Å². The van der Waals surface area contributed by atoms with Gasteiger partial charge in [-0.2, -0.15) is 4.68 Å². The van der Waals surface area contributed by atoms with Gasteiger partial charge in [0.1, 0.15) is 11.6 Å². The van der Waals surface area contributed by atoms with E-state index in [1.54, 1.807) is 30.8 Å². The quantitative estimate of drug-likeness (QED) is 0.613. The summed E-state index contributed by atoms with van der Waals surface area (Å²) in [5.74, 6) is 0.260. The minimum absolute atomic E-state index is 0.161. The molecule has 0 aliphatic carbocycles. The second-order valence-electron chi connectivity index (χ2n) is 6.11. The lowest BCUT2D eigenvalue weighted by molar-refractivity contribution is -0.120.